The van der Waals surface area contributed by atoms with E-state index in [-0.39, 0.29) is 11.9 Å². The fraction of sp³-hybridized carbons (Fsp3) is 0.588. The highest BCUT2D eigenvalue weighted by Gasteiger charge is 2.18. The number of aryl methyl sites for hydroxylation is 1. The van der Waals surface area contributed by atoms with E-state index in [4.69, 9.17) is 0 Å². The van der Waals surface area contributed by atoms with Gasteiger partial charge in [-0.05, 0) is 37.3 Å². The Morgan fingerprint density at radius 2 is 1.90 bits per heavy atom. The van der Waals surface area contributed by atoms with Gasteiger partial charge < -0.3 is 10.2 Å². The first kappa shape index (κ1) is 15.0. The lowest BCUT2D eigenvalue weighted by Gasteiger charge is -2.19. The van der Waals surface area contributed by atoms with Crippen LogP contribution in [-0.2, 0) is 11.2 Å². The molecule has 1 aliphatic heterocycles. The Bertz CT molecular complexity index is 421. The van der Waals surface area contributed by atoms with Crippen LogP contribution in [0.1, 0.15) is 50.3 Å². The molecule has 1 saturated heterocycles. The zero-order valence-corrected chi connectivity index (χ0v) is 12.7. The van der Waals surface area contributed by atoms with Crippen molar-refractivity contribution < 1.29 is 4.79 Å². The molecule has 0 spiro atoms. The minimum Gasteiger partial charge on any atom is -0.342 e. The summed E-state index contributed by atoms with van der Waals surface area (Å²) in [5.74, 6) is 0.233. The maximum atomic E-state index is 12.0. The summed E-state index contributed by atoms with van der Waals surface area (Å²) in [4.78, 5) is 13.9. The van der Waals surface area contributed by atoms with Crippen molar-refractivity contribution in [3.05, 3.63) is 35.4 Å². The Balaban J connectivity index is 1.81. The average Bonchev–Trinajstić information content (AvgIpc) is 3.00. The van der Waals surface area contributed by atoms with Crippen LogP contribution in [0.4, 0.5) is 0 Å². The van der Waals surface area contributed by atoms with Crippen LogP contribution in [0.15, 0.2) is 24.3 Å². The lowest BCUT2D eigenvalue weighted by molar-refractivity contribution is -0.129. The van der Waals surface area contributed by atoms with Gasteiger partial charge in [-0.2, -0.15) is 0 Å². The average molecular weight is 274 g/mol. The molecule has 0 bridgehead atoms. The minimum atomic E-state index is 0.220. The number of rotatable bonds is 6. The standard InChI is InChI=1S/C17H26N2O/c1-3-6-15-7-9-16(10-8-15)14(2)18-13-17(20)19-11-4-5-12-19/h7-10,14,18H,3-6,11-13H2,1-2H3. The highest BCUT2D eigenvalue weighted by atomic mass is 16.2. The van der Waals surface area contributed by atoms with Gasteiger partial charge in [-0.1, -0.05) is 37.6 Å². The second kappa shape index (κ2) is 7.44. The predicted octanol–water partition coefficient (Wildman–Crippen LogP) is 2.91. The van der Waals surface area contributed by atoms with Crippen molar-refractivity contribution in [2.24, 2.45) is 0 Å². The van der Waals surface area contributed by atoms with Crippen molar-refractivity contribution in [2.45, 2.75) is 45.6 Å². The third kappa shape index (κ3) is 4.07. The van der Waals surface area contributed by atoms with E-state index in [0.717, 1.165) is 32.4 Å². The molecule has 3 heteroatoms. The van der Waals surface area contributed by atoms with E-state index in [1.54, 1.807) is 0 Å². The van der Waals surface area contributed by atoms with Gasteiger partial charge in [0.15, 0.2) is 0 Å². The number of benzene rings is 1. The van der Waals surface area contributed by atoms with Gasteiger partial charge in [-0.15, -0.1) is 0 Å². The van der Waals surface area contributed by atoms with Gasteiger partial charge in [-0.25, -0.2) is 0 Å². The van der Waals surface area contributed by atoms with Gasteiger partial charge in [0, 0.05) is 19.1 Å². The van der Waals surface area contributed by atoms with Crippen molar-refractivity contribution in [3.8, 4) is 0 Å². The Hall–Kier alpha value is -1.35. The summed E-state index contributed by atoms with van der Waals surface area (Å²) in [5, 5.41) is 3.34. The van der Waals surface area contributed by atoms with E-state index in [9.17, 15) is 4.79 Å². The number of carbonyl (C=O) groups excluding carboxylic acids is 1. The molecule has 20 heavy (non-hydrogen) atoms. The van der Waals surface area contributed by atoms with Crippen LogP contribution in [0.3, 0.4) is 0 Å². The van der Waals surface area contributed by atoms with Crippen molar-refractivity contribution >= 4 is 5.91 Å². The maximum Gasteiger partial charge on any atom is 0.236 e. The van der Waals surface area contributed by atoms with E-state index < -0.39 is 0 Å². The van der Waals surface area contributed by atoms with Gasteiger partial charge in [-0.3, -0.25) is 4.79 Å². The molecular weight excluding hydrogens is 248 g/mol. The Morgan fingerprint density at radius 3 is 2.50 bits per heavy atom. The van der Waals surface area contributed by atoms with Crippen LogP contribution in [0, 0.1) is 0 Å². The Morgan fingerprint density at radius 1 is 1.25 bits per heavy atom. The number of nitrogens with zero attached hydrogens (tertiary/aromatic N) is 1. The molecule has 2 rings (SSSR count). The van der Waals surface area contributed by atoms with E-state index in [2.05, 4.69) is 43.4 Å². The van der Waals surface area contributed by atoms with Crippen LogP contribution in [0.25, 0.3) is 0 Å². The lowest BCUT2D eigenvalue weighted by Crippen LogP contribution is -2.37. The SMILES string of the molecule is CCCc1ccc(C(C)NCC(=O)N2CCCC2)cc1. The Kier molecular flexibility index (Phi) is 5.60. The van der Waals surface area contributed by atoms with E-state index >= 15 is 0 Å². The van der Waals surface area contributed by atoms with E-state index in [1.165, 1.54) is 17.5 Å². The van der Waals surface area contributed by atoms with E-state index in [0.29, 0.717) is 6.54 Å². The molecule has 0 aromatic heterocycles. The fourth-order valence-corrected chi connectivity index (χ4v) is 2.70. The van der Waals surface area contributed by atoms with Gasteiger partial charge in [0.05, 0.1) is 6.54 Å². The van der Waals surface area contributed by atoms with Crippen molar-refractivity contribution in [1.29, 1.82) is 0 Å². The molecule has 1 aromatic carbocycles. The van der Waals surface area contributed by atoms with Crippen molar-refractivity contribution in [2.75, 3.05) is 19.6 Å². The number of hydrogen-bond donors (Lipinski definition) is 1. The highest BCUT2D eigenvalue weighted by Crippen LogP contribution is 2.14. The summed E-state index contributed by atoms with van der Waals surface area (Å²) in [6.45, 7) is 6.62. The second-order valence-corrected chi connectivity index (χ2v) is 5.68. The minimum absolute atomic E-state index is 0.220. The number of hydrogen-bond acceptors (Lipinski definition) is 2. The third-order valence-electron chi connectivity index (χ3n) is 4.04. The number of amides is 1. The quantitative estimate of drug-likeness (QED) is 0.865. The fourth-order valence-electron chi connectivity index (χ4n) is 2.70. The molecule has 0 aliphatic carbocycles. The molecule has 110 valence electrons. The molecular formula is C17H26N2O. The summed E-state index contributed by atoms with van der Waals surface area (Å²) in [6, 6.07) is 8.95. The zero-order valence-electron chi connectivity index (χ0n) is 12.7. The maximum absolute atomic E-state index is 12.0. The van der Waals surface area contributed by atoms with E-state index in [1.807, 2.05) is 4.90 Å². The molecule has 1 N–H and O–H groups in total. The first-order valence-corrected chi connectivity index (χ1v) is 7.80. The number of nitrogens with one attached hydrogen (secondary N) is 1. The molecule has 1 unspecified atom stereocenters. The molecule has 0 radical (unpaired) electrons. The van der Waals surface area contributed by atoms with Gasteiger partial charge >= 0.3 is 0 Å². The van der Waals surface area contributed by atoms with Crippen LogP contribution < -0.4 is 5.32 Å². The number of carbonyl (C=O) groups is 1. The van der Waals surface area contributed by atoms with Gasteiger partial charge in [0.25, 0.3) is 0 Å². The normalized spacial score (nSPS) is 16.4. The highest BCUT2D eigenvalue weighted by molar-refractivity contribution is 5.78. The monoisotopic (exact) mass is 274 g/mol. The van der Waals surface area contributed by atoms with Crippen molar-refractivity contribution in [1.82, 2.24) is 10.2 Å². The molecule has 1 fully saturated rings. The molecule has 1 atom stereocenters. The summed E-state index contributed by atoms with van der Waals surface area (Å²) in [7, 11) is 0. The smallest absolute Gasteiger partial charge is 0.236 e. The van der Waals surface area contributed by atoms with Crippen LogP contribution >= 0.6 is 0 Å². The van der Waals surface area contributed by atoms with Crippen molar-refractivity contribution in [3.63, 3.8) is 0 Å². The summed E-state index contributed by atoms with van der Waals surface area (Å²) < 4.78 is 0. The van der Waals surface area contributed by atoms with Crippen LogP contribution in [0.2, 0.25) is 0 Å². The van der Waals surface area contributed by atoms with Gasteiger partial charge in [0.1, 0.15) is 0 Å². The zero-order chi connectivity index (χ0) is 14.4. The number of likely N-dealkylation sites (tertiary alicyclic amines) is 1. The van der Waals surface area contributed by atoms with Crippen LogP contribution in [0.5, 0.6) is 0 Å². The summed E-state index contributed by atoms with van der Waals surface area (Å²) >= 11 is 0. The first-order chi connectivity index (χ1) is 9.70. The largest absolute Gasteiger partial charge is 0.342 e. The molecule has 1 amide bonds. The molecule has 1 aliphatic rings. The topological polar surface area (TPSA) is 32.3 Å². The van der Waals surface area contributed by atoms with Gasteiger partial charge in [0.2, 0.25) is 5.91 Å². The molecule has 1 heterocycles. The lowest BCUT2D eigenvalue weighted by atomic mass is 10.0. The summed E-state index contributed by atoms with van der Waals surface area (Å²) in [5.41, 5.74) is 2.63. The third-order valence-corrected chi connectivity index (χ3v) is 4.04. The molecule has 0 saturated carbocycles. The Labute approximate surface area is 122 Å². The second-order valence-electron chi connectivity index (χ2n) is 5.68. The predicted molar refractivity (Wildman–Crippen MR) is 82.7 cm³/mol. The summed E-state index contributed by atoms with van der Waals surface area (Å²) in [6.07, 6.45) is 4.62. The first-order valence-electron chi connectivity index (χ1n) is 7.80. The molecule has 1 aromatic rings. The molecule has 3 nitrogen and oxygen atoms in total. The van der Waals surface area contributed by atoms with Crippen LogP contribution in [-0.4, -0.2) is 30.4 Å².